The Morgan fingerprint density at radius 1 is 1.10 bits per heavy atom. The maximum absolute atomic E-state index is 12.2. The Hall–Kier alpha value is -2.04. The summed E-state index contributed by atoms with van der Waals surface area (Å²) >= 11 is 0. The van der Waals surface area contributed by atoms with Crippen LogP contribution in [-0.2, 0) is 4.79 Å². The number of carboxylic acid groups (broad SMARTS) is 1. The number of anilines is 1. The van der Waals surface area contributed by atoms with Crippen molar-refractivity contribution in [2.24, 2.45) is 5.92 Å². The van der Waals surface area contributed by atoms with Crippen LogP contribution in [0.4, 0.5) is 5.69 Å². The first kappa shape index (κ1) is 14.4. The lowest BCUT2D eigenvalue weighted by Gasteiger charge is -2.15. The van der Waals surface area contributed by atoms with Gasteiger partial charge in [0.1, 0.15) is 5.75 Å². The van der Waals surface area contributed by atoms with Crippen LogP contribution in [0.1, 0.15) is 48.9 Å². The maximum Gasteiger partial charge on any atom is 0.337 e. The van der Waals surface area contributed by atoms with Gasteiger partial charge in [0.2, 0.25) is 5.91 Å². The van der Waals surface area contributed by atoms with Crippen LogP contribution < -0.4 is 5.32 Å². The number of hydrogen-bond donors (Lipinski definition) is 3. The summed E-state index contributed by atoms with van der Waals surface area (Å²) in [5.74, 6) is -1.47. The van der Waals surface area contributed by atoms with Gasteiger partial charge in [-0.25, -0.2) is 4.79 Å². The first-order chi connectivity index (χ1) is 9.58. The molecule has 0 bridgehead atoms. The van der Waals surface area contributed by atoms with Gasteiger partial charge >= 0.3 is 5.97 Å². The van der Waals surface area contributed by atoms with Gasteiger partial charge in [-0.05, 0) is 31.0 Å². The fraction of sp³-hybridized carbons (Fsp3) is 0.467. The summed E-state index contributed by atoms with van der Waals surface area (Å²) in [5.41, 5.74) is 0.150. The van der Waals surface area contributed by atoms with Crippen molar-refractivity contribution < 1.29 is 19.8 Å². The van der Waals surface area contributed by atoms with Crippen LogP contribution in [0.25, 0.3) is 0 Å². The number of amides is 1. The molecule has 3 N–H and O–H groups in total. The number of aromatic carboxylic acids is 1. The quantitative estimate of drug-likeness (QED) is 0.585. The van der Waals surface area contributed by atoms with Crippen molar-refractivity contribution >= 4 is 17.6 Å². The average molecular weight is 277 g/mol. The third-order valence-corrected chi connectivity index (χ3v) is 3.72. The van der Waals surface area contributed by atoms with E-state index in [4.69, 9.17) is 5.11 Å². The molecule has 1 aliphatic carbocycles. The number of rotatable bonds is 3. The lowest BCUT2D eigenvalue weighted by Crippen LogP contribution is -2.23. The third-order valence-electron chi connectivity index (χ3n) is 3.72. The molecule has 1 amide bonds. The highest BCUT2D eigenvalue weighted by Crippen LogP contribution is 2.26. The largest absolute Gasteiger partial charge is 0.508 e. The van der Waals surface area contributed by atoms with E-state index in [9.17, 15) is 14.7 Å². The molecule has 0 aliphatic heterocycles. The van der Waals surface area contributed by atoms with Crippen LogP contribution in [0.2, 0.25) is 0 Å². The second kappa shape index (κ2) is 6.41. The SMILES string of the molecule is O=C(O)c1cc(O)ccc1NC(=O)C1CCCCCC1. The fourth-order valence-corrected chi connectivity index (χ4v) is 2.59. The summed E-state index contributed by atoms with van der Waals surface area (Å²) < 4.78 is 0. The number of hydrogen-bond acceptors (Lipinski definition) is 3. The minimum absolute atomic E-state index is 0.0482. The van der Waals surface area contributed by atoms with Crippen molar-refractivity contribution in [1.82, 2.24) is 0 Å². The molecular weight excluding hydrogens is 258 g/mol. The van der Waals surface area contributed by atoms with Gasteiger partial charge in [0.25, 0.3) is 0 Å². The van der Waals surface area contributed by atoms with E-state index in [1.165, 1.54) is 12.1 Å². The number of phenols is 1. The van der Waals surface area contributed by atoms with Crippen LogP contribution in [0, 0.1) is 5.92 Å². The second-order valence-electron chi connectivity index (χ2n) is 5.21. The minimum Gasteiger partial charge on any atom is -0.508 e. The zero-order chi connectivity index (χ0) is 14.5. The number of aromatic hydroxyl groups is 1. The van der Waals surface area contributed by atoms with E-state index < -0.39 is 5.97 Å². The van der Waals surface area contributed by atoms with Crippen molar-refractivity contribution in [1.29, 1.82) is 0 Å². The molecular formula is C15H19NO4. The molecule has 1 aliphatic rings. The van der Waals surface area contributed by atoms with Crippen LogP contribution >= 0.6 is 0 Å². The average Bonchev–Trinajstić information content (AvgIpc) is 2.69. The smallest absolute Gasteiger partial charge is 0.337 e. The van der Waals surface area contributed by atoms with Crippen molar-refractivity contribution in [2.45, 2.75) is 38.5 Å². The maximum atomic E-state index is 12.2. The summed E-state index contributed by atoms with van der Waals surface area (Å²) in [4.78, 5) is 23.3. The van der Waals surface area contributed by atoms with Gasteiger partial charge in [-0.3, -0.25) is 4.79 Å². The number of carboxylic acids is 1. The number of benzene rings is 1. The zero-order valence-electron chi connectivity index (χ0n) is 11.3. The lowest BCUT2D eigenvalue weighted by molar-refractivity contribution is -0.120. The molecule has 0 spiro atoms. The van der Waals surface area contributed by atoms with Gasteiger partial charge in [-0.2, -0.15) is 0 Å². The van der Waals surface area contributed by atoms with E-state index in [-0.39, 0.29) is 28.8 Å². The Morgan fingerprint density at radius 3 is 2.35 bits per heavy atom. The van der Waals surface area contributed by atoms with E-state index >= 15 is 0 Å². The molecule has 5 nitrogen and oxygen atoms in total. The number of nitrogens with one attached hydrogen (secondary N) is 1. The highest BCUT2D eigenvalue weighted by molar-refractivity contribution is 6.01. The number of carbonyl (C=O) groups excluding carboxylic acids is 1. The van der Waals surface area contributed by atoms with Gasteiger partial charge in [-0.15, -0.1) is 0 Å². The number of phenolic OH excluding ortho intramolecular Hbond substituents is 1. The second-order valence-corrected chi connectivity index (χ2v) is 5.21. The molecule has 20 heavy (non-hydrogen) atoms. The topological polar surface area (TPSA) is 86.6 Å². The minimum atomic E-state index is -1.17. The molecule has 0 radical (unpaired) electrons. The van der Waals surface area contributed by atoms with Crippen molar-refractivity contribution in [2.75, 3.05) is 5.32 Å². The van der Waals surface area contributed by atoms with Crippen LogP contribution in [-0.4, -0.2) is 22.1 Å². The molecule has 5 heteroatoms. The summed E-state index contributed by atoms with van der Waals surface area (Å²) in [7, 11) is 0. The molecule has 108 valence electrons. The van der Waals surface area contributed by atoms with E-state index in [0.717, 1.165) is 44.6 Å². The van der Waals surface area contributed by atoms with Gasteiger partial charge in [0, 0.05) is 5.92 Å². The van der Waals surface area contributed by atoms with Crippen molar-refractivity contribution in [3.63, 3.8) is 0 Å². The third kappa shape index (κ3) is 3.50. The van der Waals surface area contributed by atoms with Gasteiger partial charge in [-0.1, -0.05) is 25.7 Å². The Bertz CT molecular complexity index is 505. The predicted molar refractivity (Wildman–Crippen MR) is 74.9 cm³/mol. The molecule has 2 rings (SSSR count). The van der Waals surface area contributed by atoms with E-state index in [0.29, 0.717) is 0 Å². The molecule has 0 atom stereocenters. The summed E-state index contributed by atoms with van der Waals surface area (Å²) in [6.45, 7) is 0. The van der Waals surface area contributed by atoms with Crippen molar-refractivity contribution in [3.05, 3.63) is 23.8 Å². The molecule has 0 saturated heterocycles. The molecule has 1 aromatic rings. The van der Waals surface area contributed by atoms with Crippen molar-refractivity contribution in [3.8, 4) is 5.75 Å². The Kier molecular flexibility index (Phi) is 4.61. The van der Waals surface area contributed by atoms with Crippen LogP contribution in [0.3, 0.4) is 0 Å². The van der Waals surface area contributed by atoms with Crippen LogP contribution in [0.5, 0.6) is 5.75 Å². The molecule has 0 unspecified atom stereocenters. The van der Waals surface area contributed by atoms with Gasteiger partial charge < -0.3 is 15.5 Å². The molecule has 1 fully saturated rings. The Balaban J connectivity index is 2.12. The Morgan fingerprint density at radius 2 is 1.75 bits per heavy atom. The summed E-state index contributed by atoms with van der Waals surface area (Å²) in [6.07, 6.45) is 6.10. The fourth-order valence-electron chi connectivity index (χ4n) is 2.59. The number of carbonyl (C=O) groups is 2. The summed E-state index contributed by atoms with van der Waals surface area (Å²) in [6, 6.07) is 3.94. The first-order valence-corrected chi connectivity index (χ1v) is 6.95. The molecule has 0 heterocycles. The molecule has 1 aromatic carbocycles. The monoisotopic (exact) mass is 277 g/mol. The zero-order valence-corrected chi connectivity index (χ0v) is 11.3. The lowest BCUT2D eigenvalue weighted by atomic mass is 9.99. The van der Waals surface area contributed by atoms with E-state index in [1.807, 2.05) is 0 Å². The van der Waals surface area contributed by atoms with E-state index in [1.54, 1.807) is 0 Å². The van der Waals surface area contributed by atoms with Gasteiger partial charge in [0.15, 0.2) is 0 Å². The summed E-state index contributed by atoms with van der Waals surface area (Å²) in [5, 5.41) is 21.1. The normalized spacial score (nSPS) is 16.4. The van der Waals surface area contributed by atoms with Gasteiger partial charge in [0.05, 0.1) is 11.3 Å². The molecule has 1 saturated carbocycles. The first-order valence-electron chi connectivity index (χ1n) is 6.95. The van der Waals surface area contributed by atoms with Crippen LogP contribution in [0.15, 0.2) is 18.2 Å². The Labute approximate surface area is 117 Å². The molecule has 0 aromatic heterocycles. The predicted octanol–water partition coefficient (Wildman–Crippen LogP) is 3.00. The highest BCUT2D eigenvalue weighted by Gasteiger charge is 2.22. The van der Waals surface area contributed by atoms with E-state index in [2.05, 4.69) is 5.32 Å². The standard InChI is InChI=1S/C15H19NO4/c17-11-7-8-13(12(9-11)15(19)20)16-14(18)10-5-3-1-2-4-6-10/h7-10,17H,1-6H2,(H,16,18)(H,19,20). The highest BCUT2D eigenvalue weighted by atomic mass is 16.4.